The molecule has 0 aromatic carbocycles. The highest BCUT2D eigenvalue weighted by Gasteiger charge is 2.25. The zero-order valence-electron chi connectivity index (χ0n) is 59.1. The van der Waals surface area contributed by atoms with Crippen LogP contribution in [0.1, 0.15) is 348 Å². The molecule has 0 saturated heterocycles. The van der Waals surface area contributed by atoms with Crippen LogP contribution >= 0.6 is 0 Å². The fraction of sp³-hybridized carbons (Fsp3) is 0.787. The van der Waals surface area contributed by atoms with Crippen molar-refractivity contribution in [2.45, 2.75) is 360 Å². The average Bonchev–Trinajstić information content (AvgIpc) is 3.70. The first-order chi connectivity index (χ1) is 43.6. The zero-order chi connectivity index (χ0) is 64.7. The van der Waals surface area contributed by atoms with Gasteiger partial charge in [0.05, 0.1) is 34.4 Å². The largest absolute Gasteiger partial charge is 0.477 e. The summed E-state index contributed by atoms with van der Waals surface area (Å²) in [5.74, 6) is -1.98. The summed E-state index contributed by atoms with van der Waals surface area (Å²) in [6.07, 6.45) is 92.9. The number of nitrogens with zero attached hydrogens (tertiary/aromatic N) is 1. The number of likely N-dealkylation sites (N-methyl/N-ethyl adjacent to an activating group) is 1. The number of aliphatic carboxylic acids is 1. The van der Waals surface area contributed by atoms with Gasteiger partial charge in [0.1, 0.15) is 13.2 Å². The molecule has 0 aliphatic carbocycles. The number of allylic oxidation sites excluding steroid dienone is 14. The Morgan fingerprint density at radius 3 is 0.955 bits per heavy atom. The van der Waals surface area contributed by atoms with Crippen LogP contribution in [-0.2, 0) is 33.3 Å². The van der Waals surface area contributed by atoms with E-state index in [1.165, 1.54) is 244 Å². The van der Waals surface area contributed by atoms with Gasteiger partial charge >= 0.3 is 17.9 Å². The van der Waals surface area contributed by atoms with Crippen LogP contribution in [0, 0.1) is 0 Å². The van der Waals surface area contributed by atoms with Gasteiger partial charge in [-0.05, 0) is 89.9 Å². The lowest BCUT2D eigenvalue weighted by Crippen LogP contribution is -2.40. The molecule has 0 fully saturated rings. The normalized spacial score (nSPS) is 13.1. The van der Waals surface area contributed by atoms with Crippen molar-refractivity contribution in [2.75, 3.05) is 47.5 Å². The lowest BCUT2D eigenvalue weighted by atomic mass is 10.0. The molecule has 0 saturated carbocycles. The summed E-state index contributed by atoms with van der Waals surface area (Å²) in [6.45, 7) is 4.80. The number of esters is 2. The van der Waals surface area contributed by atoms with Gasteiger partial charge in [-0.3, -0.25) is 9.59 Å². The molecule has 1 N–H and O–H groups in total. The van der Waals surface area contributed by atoms with Gasteiger partial charge < -0.3 is 28.5 Å². The van der Waals surface area contributed by atoms with Crippen LogP contribution in [0.4, 0.5) is 0 Å². The van der Waals surface area contributed by atoms with E-state index in [1.54, 1.807) is 0 Å². The summed E-state index contributed by atoms with van der Waals surface area (Å²) in [5, 5.41) is 9.76. The fourth-order valence-electron chi connectivity index (χ4n) is 10.9. The van der Waals surface area contributed by atoms with E-state index in [0.29, 0.717) is 17.4 Å². The zero-order valence-corrected chi connectivity index (χ0v) is 59.1. The summed E-state index contributed by atoms with van der Waals surface area (Å²) >= 11 is 0. The number of carboxylic acid groups (broad SMARTS) is 1. The van der Waals surface area contributed by atoms with Gasteiger partial charge in [-0.2, -0.15) is 0 Å². The molecule has 0 rings (SSSR count). The second-order valence-electron chi connectivity index (χ2n) is 26.6. The summed E-state index contributed by atoms with van der Waals surface area (Å²) in [6, 6.07) is 0. The van der Waals surface area contributed by atoms with Crippen molar-refractivity contribution in [3.8, 4) is 0 Å². The summed E-state index contributed by atoms with van der Waals surface area (Å²) < 4.78 is 23.0. The topological polar surface area (TPSA) is 108 Å². The van der Waals surface area contributed by atoms with E-state index in [9.17, 15) is 19.5 Å². The molecule has 89 heavy (non-hydrogen) atoms. The third-order valence-corrected chi connectivity index (χ3v) is 16.6. The number of hydrogen-bond donors (Lipinski definition) is 1. The van der Waals surface area contributed by atoms with Crippen molar-refractivity contribution in [3.05, 3.63) is 85.1 Å². The minimum atomic E-state index is -1.51. The maximum absolute atomic E-state index is 13.0. The molecule has 0 aromatic rings. The summed E-state index contributed by atoms with van der Waals surface area (Å²) in [7, 11) is 5.99. The summed E-state index contributed by atoms with van der Waals surface area (Å²) in [4.78, 5) is 37.7. The van der Waals surface area contributed by atoms with E-state index in [4.69, 9.17) is 18.9 Å². The van der Waals surface area contributed by atoms with Crippen LogP contribution in [-0.4, -0.2) is 87.4 Å². The monoisotopic (exact) mass is 1250 g/mol. The molecule has 2 atom stereocenters. The first-order valence-electron chi connectivity index (χ1n) is 37.8. The van der Waals surface area contributed by atoms with Crippen LogP contribution < -0.4 is 0 Å². The lowest BCUT2D eigenvalue weighted by Gasteiger charge is -2.25. The molecule has 0 amide bonds. The molecule has 2 unspecified atom stereocenters. The van der Waals surface area contributed by atoms with Crippen LogP contribution in [0.2, 0.25) is 0 Å². The Balaban J connectivity index is 4.02. The molecular weight excluding hydrogens is 1100 g/mol. The standard InChI is InChI=1S/C80H143NO8/c1-6-8-10-12-14-16-18-20-22-24-26-28-30-32-34-35-36-37-38-39-40-41-42-43-45-47-49-51-53-55-57-59-61-63-65-67-69-71-78(83)89-76(75-88-80(79(84)85)86-73-72-81(3,4)5)74-87-77(82)70-68-66-64-62-60-58-56-54-52-50-48-46-44-33-31-29-27-25-23-21-19-17-15-13-11-9-7-2/h8,10,14,16,19-22,25-28,32,34,76,80H,6-7,9,11-13,15,17-18,23-24,29-31,33,35-75H2,1-5H3/p+1/b10-8-,16-14-,21-19-,22-20-,27-25-,28-26-,34-32-. The third-order valence-electron chi connectivity index (χ3n) is 16.6. The molecule has 9 heteroatoms. The molecule has 0 spiro atoms. The minimum absolute atomic E-state index is 0.180. The van der Waals surface area contributed by atoms with Crippen LogP contribution in [0.5, 0.6) is 0 Å². The van der Waals surface area contributed by atoms with E-state index in [1.807, 2.05) is 21.1 Å². The minimum Gasteiger partial charge on any atom is -0.477 e. The Bertz CT molecular complexity index is 1740. The fourth-order valence-corrected chi connectivity index (χ4v) is 10.9. The molecule has 9 nitrogen and oxygen atoms in total. The third kappa shape index (κ3) is 71.8. The molecule has 0 heterocycles. The van der Waals surface area contributed by atoms with Crippen LogP contribution in [0.25, 0.3) is 0 Å². The van der Waals surface area contributed by atoms with E-state index in [2.05, 4.69) is 98.9 Å². The molecule has 0 aromatic heterocycles. The Kier molecular flexibility index (Phi) is 67.6. The molecular formula is C80H144NO8+. The molecule has 0 bridgehead atoms. The Morgan fingerprint density at radius 2 is 0.640 bits per heavy atom. The summed E-state index contributed by atoms with van der Waals surface area (Å²) in [5.41, 5.74) is 0. The second-order valence-corrected chi connectivity index (χ2v) is 26.6. The number of carbonyl (C=O) groups excluding carboxylic acids is 2. The smallest absolute Gasteiger partial charge is 0.361 e. The Hall–Kier alpha value is -3.53. The second kappa shape index (κ2) is 70.3. The quantitative estimate of drug-likeness (QED) is 0.0211. The van der Waals surface area contributed by atoms with Crippen molar-refractivity contribution < 1.29 is 42.9 Å². The number of ether oxygens (including phenoxy) is 4. The highest BCUT2D eigenvalue weighted by atomic mass is 16.7. The predicted molar refractivity (Wildman–Crippen MR) is 382 cm³/mol. The maximum Gasteiger partial charge on any atom is 0.361 e. The van der Waals surface area contributed by atoms with Gasteiger partial charge in [-0.15, -0.1) is 0 Å². The molecule has 0 aliphatic rings. The van der Waals surface area contributed by atoms with Gasteiger partial charge in [-0.25, -0.2) is 4.79 Å². The van der Waals surface area contributed by atoms with Gasteiger partial charge in [-0.1, -0.05) is 330 Å². The molecule has 0 radical (unpaired) electrons. The van der Waals surface area contributed by atoms with E-state index in [0.717, 1.165) is 77.0 Å². The van der Waals surface area contributed by atoms with Crippen molar-refractivity contribution >= 4 is 17.9 Å². The van der Waals surface area contributed by atoms with Gasteiger partial charge in [0, 0.05) is 12.8 Å². The van der Waals surface area contributed by atoms with Crippen molar-refractivity contribution in [1.82, 2.24) is 0 Å². The van der Waals surface area contributed by atoms with E-state index < -0.39 is 18.4 Å². The van der Waals surface area contributed by atoms with E-state index in [-0.39, 0.29) is 38.2 Å². The van der Waals surface area contributed by atoms with Crippen LogP contribution in [0.3, 0.4) is 0 Å². The predicted octanol–water partition coefficient (Wildman–Crippen LogP) is 23.8. The number of unbranched alkanes of at least 4 members (excludes halogenated alkanes) is 41. The number of hydrogen-bond acceptors (Lipinski definition) is 7. The number of carboxylic acids is 1. The maximum atomic E-state index is 13.0. The number of rotatable bonds is 70. The highest BCUT2D eigenvalue weighted by molar-refractivity contribution is 5.71. The molecule has 0 aliphatic heterocycles. The van der Waals surface area contributed by atoms with Crippen LogP contribution in [0.15, 0.2) is 85.1 Å². The lowest BCUT2D eigenvalue weighted by molar-refractivity contribution is -0.870. The Labute approximate surface area is 550 Å². The molecule has 516 valence electrons. The van der Waals surface area contributed by atoms with Gasteiger partial charge in [0.2, 0.25) is 0 Å². The highest BCUT2D eigenvalue weighted by Crippen LogP contribution is 2.19. The van der Waals surface area contributed by atoms with Crippen molar-refractivity contribution in [2.24, 2.45) is 0 Å². The first kappa shape index (κ1) is 85.5. The van der Waals surface area contributed by atoms with Crippen molar-refractivity contribution in [3.63, 3.8) is 0 Å². The number of quaternary nitrogens is 1. The van der Waals surface area contributed by atoms with Gasteiger partial charge in [0.15, 0.2) is 6.10 Å². The van der Waals surface area contributed by atoms with E-state index >= 15 is 0 Å². The number of carbonyl (C=O) groups is 3. The van der Waals surface area contributed by atoms with Gasteiger partial charge in [0.25, 0.3) is 6.29 Å². The first-order valence-corrected chi connectivity index (χ1v) is 37.8. The Morgan fingerprint density at radius 1 is 0.348 bits per heavy atom. The van der Waals surface area contributed by atoms with Crippen molar-refractivity contribution in [1.29, 1.82) is 0 Å². The SMILES string of the molecule is CC/C=C\C/C=C\C/C=C\C/C=C\C/C=C\CCCCCCCCCCCCCCCCCCCCCCCC(=O)OC(COC(=O)CCCCCCCCCCCCCCCCC/C=C\C/C=C\CCCCCCC)COC(OCC[N+](C)(C)C)C(=O)O. The average molecular weight is 1250 g/mol.